The molecule has 2 saturated heterocycles. The van der Waals surface area contributed by atoms with E-state index in [1.165, 1.54) is 0 Å². The first-order chi connectivity index (χ1) is 15.0. The van der Waals surface area contributed by atoms with Crippen molar-refractivity contribution in [2.75, 3.05) is 39.8 Å². The fraction of sp³-hybridized carbons (Fsp3) is 0.565. The summed E-state index contributed by atoms with van der Waals surface area (Å²) in [6, 6.07) is 9.16. The molecule has 2 unspecified atom stereocenters. The standard InChI is InChI=1S/C23H30N4O4/c1-3-4-11-27-21(29)16-19(22(27)17-5-7-18(31-2)8-6-17)23(30)26-14-12-25(13-15-26)20(28)9-10-24/h5-8,19,22H,3-4,9,11-16H2,1-2H3. The molecular weight excluding hydrogens is 396 g/mol. The molecule has 2 aliphatic heterocycles. The lowest BCUT2D eigenvalue weighted by atomic mass is 9.91. The van der Waals surface area contributed by atoms with Crippen LogP contribution >= 0.6 is 0 Å². The summed E-state index contributed by atoms with van der Waals surface area (Å²) >= 11 is 0. The highest BCUT2D eigenvalue weighted by molar-refractivity contribution is 5.90. The number of nitrogens with zero attached hydrogens (tertiary/aromatic N) is 4. The molecule has 2 aliphatic rings. The summed E-state index contributed by atoms with van der Waals surface area (Å²) in [5.74, 6) is 0.0526. The summed E-state index contributed by atoms with van der Waals surface area (Å²) in [5, 5.41) is 8.73. The molecule has 0 aliphatic carbocycles. The Kier molecular flexibility index (Phi) is 7.50. The van der Waals surface area contributed by atoms with Crippen molar-refractivity contribution in [3.63, 3.8) is 0 Å². The molecule has 0 bridgehead atoms. The number of nitriles is 1. The second kappa shape index (κ2) is 10.3. The van der Waals surface area contributed by atoms with Crippen molar-refractivity contribution in [3.05, 3.63) is 29.8 Å². The van der Waals surface area contributed by atoms with Crippen LogP contribution in [-0.2, 0) is 14.4 Å². The number of unbranched alkanes of at least 4 members (excludes halogenated alkanes) is 1. The van der Waals surface area contributed by atoms with Crippen LogP contribution in [0.5, 0.6) is 5.75 Å². The Morgan fingerprint density at radius 2 is 1.77 bits per heavy atom. The minimum Gasteiger partial charge on any atom is -0.497 e. The maximum absolute atomic E-state index is 13.4. The molecule has 0 spiro atoms. The minimum absolute atomic E-state index is 0.00968. The summed E-state index contributed by atoms with van der Waals surface area (Å²) < 4.78 is 5.25. The molecule has 8 heteroatoms. The normalized spacial score (nSPS) is 21.2. The molecule has 166 valence electrons. The van der Waals surface area contributed by atoms with E-state index in [1.54, 1.807) is 16.9 Å². The van der Waals surface area contributed by atoms with Crippen molar-refractivity contribution in [3.8, 4) is 11.8 Å². The fourth-order valence-electron chi connectivity index (χ4n) is 4.41. The van der Waals surface area contributed by atoms with Crippen molar-refractivity contribution < 1.29 is 19.1 Å². The molecule has 2 fully saturated rings. The van der Waals surface area contributed by atoms with E-state index in [0.29, 0.717) is 32.7 Å². The van der Waals surface area contributed by atoms with E-state index in [4.69, 9.17) is 10.00 Å². The van der Waals surface area contributed by atoms with E-state index in [0.717, 1.165) is 24.2 Å². The smallest absolute Gasteiger partial charge is 0.236 e. The van der Waals surface area contributed by atoms with Gasteiger partial charge < -0.3 is 19.4 Å². The largest absolute Gasteiger partial charge is 0.497 e. The van der Waals surface area contributed by atoms with E-state index in [1.807, 2.05) is 35.2 Å². The average Bonchev–Trinajstić information content (AvgIpc) is 3.13. The Labute approximate surface area is 183 Å². The quantitative estimate of drug-likeness (QED) is 0.664. The molecule has 8 nitrogen and oxygen atoms in total. The number of benzene rings is 1. The van der Waals surface area contributed by atoms with Crippen molar-refractivity contribution in [2.24, 2.45) is 5.92 Å². The molecule has 0 radical (unpaired) electrons. The van der Waals surface area contributed by atoms with Crippen LogP contribution in [0.2, 0.25) is 0 Å². The zero-order chi connectivity index (χ0) is 22.4. The number of amides is 3. The third-order valence-corrected chi connectivity index (χ3v) is 6.13. The van der Waals surface area contributed by atoms with E-state index in [9.17, 15) is 14.4 Å². The molecule has 0 saturated carbocycles. The van der Waals surface area contributed by atoms with Crippen LogP contribution in [0.4, 0.5) is 0 Å². The summed E-state index contributed by atoms with van der Waals surface area (Å²) in [6.07, 6.45) is 1.92. The van der Waals surface area contributed by atoms with Gasteiger partial charge in [0.1, 0.15) is 12.2 Å². The van der Waals surface area contributed by atoms with Gasteiger partial charge in [0.25, 0.3) is 0 Å². The maximum atomic E-state index is 13.4. The zero-order valence-corrected chi connectivity index (χ0v) is 18.2. The van der Waals surface area contributed by atoms with E-state index >= 15 is 0 Å². The van der Waals surface area contributed by atoms with Gasteiger partial charge in [-0.25, -0.2) is 0 Å². The Morgan fingerprint density at radius 3 is 2.35 bits per heavy atom. The number of methoxy groups -OCH3 is 1. The van der Waals surface area contributed by atoms with Gasteiger partial charge in [-0.3, -0.25) is 14.4 Å². The number of piperazine rings is 1. The number of carbonyl (C=O) groups excluding carboxylic acids is 3. The predicted molar refractivity (Wildman–Crippen MR) is 114 cm³/mol. The van der Waals surface area contributed by atoms with Crippen LogP contribution in [0.3, 0.4) is 0 Å². The Morgan fingerprint density at radius 1 is 1.13 bits per heavy atom. The number of likely N-dealkylation sites (tertiary alicyclic amines) is 1. The van der Waals surface area contributed by atoms with Crippen molar-refractivity contribution >= 4 is 17.7 Å². The fourth-order valence-corrected chi connectivity index (χ4v) is 4.41. The van der Waals surface area contributed by atoms with Gasteiger partial charge in [-0.2, -0.15) is 5.26 Å². The number of carbonyl (C=O) groups is 3. The SMILES string of the molecule is CCCCN1C(=O)CC(C(=O)N2CCN(C(=O)CC#N)CC2)C1c1ccc(OC)cc1. The molecule has 1 aromatic rings. The Balaban J connectivity index is 1.77. The number of rotatable bonds is 7. The van der Waals surface area contributed by atoms with Crippen molar-refractivity contribution in [1.82, 2.24) is 14.7 Å². The van der Waals surface area contributed by atoms with Crippen LogP contribution < -0.4 is 4.74 Å². The molecule has 0 aromatic heterocycles. The summed E-state index contributed by atoms with van der Waals surface area (Å²) in [6.45, 7) is 4.39. The predicted octanol–water partition coefficient (Wildman–Crippen LogP) is 1.97. The first kappa shape index (κ1) is 22.6. The molecular formula is C23H30N4O4. The minimum atomic E-state index is -0.445. The van der Waals surface area contributed by atoms with E-state index in [-0.39, 0.29) is 36.6 Å². The van der Waals surface area contributed by atoms with Crippen LogP contribution in [0, 0.1) is 17.2 Å². The summed E-state index contributed by atoms with van der Waals surface area (Å²) in [4.78, 5) is 43.5. The molecule has 3 rings (SSSR count). The van der Waals surface area contributed by atoms with Crippen LogP contribution in [-0.4, -0.2) is 72.3 Å². The van der Waals surface area contributed by atoms with Crippen LogP contribution in [0.1, 0.15) is 44.2 Å². The molecule has 0 N–H and O–H groups in total. The third kappa shape index (κ3) is 4.98. The highest BCUT2D eigenvalue weighted by Gasteiger charge is 2.45. The van der Waals surface area contributed by atoms with Gasteiger partial charge in [-0.05, 0) is 24.1 Å². The van der Waals surface area contributed by atoms with Crippen LogP contribution in [0.15, 0.2) is 24.3 Å². The molecule has 3 amide bonds. The van der Waals surface area contributed by atoms with Crippen LogP contribution in [0.25, 0.3) is 0 Å². The van der Waals surface area contributed by atoms with E-state index < -0.39 is 5.92 Å². The number of ether oxygens (including phenoxy) is 1. The highest BCUT2D eigenvalue weighted by Crippen LogP contribution is 2.40. The number of hydrogen-bond acceptors (Lipinski definition) is 5. The van der Waals surface area contributed by atoms with Gasteiger partial charge in [0.2, 0.25) is 17.7 Å². The molecule has 2 atom stereocenters. The highest BCUT2D eigenvalue weighted by atomic mass is 16.5. The average molecular weight is 427 g/mol. The van der Waals surface area contributed by atoms with Crippen molar-refractivity contribution in [2.45, 2.75) is 38.6 Å². The topological polar surface area (TPSA) is 94.0 Å². The lowest BCUT2D eigenvalue weighted by Crippen LogP contribution is -2.52. The second-order valence-electron chi connectivity index (χ2n) is 8.01. The summed E-state index contributed by atoms with van der Waals surface area (Å²) in [5.41, 5.74) is 0.934. The van der Waals surface area contributed by atoms with Gasteiger partial charge >= 0.3 is 0 Å². The lowest BCUT2D eigenvalue weighted by Gasteiger charge is -2.37. The maximum Gasteiger partial charge on any atom is 0.236 e. The first-order valence-electron chi connectivity index (χ1n) is 10.9. The van der Waals surface area contributed by atoms with Gasteiger partial charge in [-0.15, -0.1) is 0 Å². The van der Waals surface area contributed by atoms with Crippen molar-refractivity contribution in [1.29, 1.82) is 5.26 Å². The third-order valence-electron chi connectivity index (χ3n) is 6.13. The zero-order valence-electron chi connectivity index (χ0n) is 18.2. The molecule has 2 heterocycles. The lowest BCUT2D eigenvalue weighted by molar-refractivity contribution is -0.142. The number of hydrogen-bond donors (Lipinski definition) is 0. The monoisotopic (exact) mass is 426 g/mol. The molecule has 1 aromatic carbocycles. The van der Waals surface area contributed by atoms with Gasteiger partial charge in [0.05, 0.1) is 25.1 Å². The Bertz CT molecular complexity index is 840. The second-order valence-corrected chi connectivity index (χ2v) is 8.01. The van der Waals surface area contributed by atoms with Gasteiger partial charge in [-0.1, -0.05) is 25.5 Å². The molecule has 31 heavy (non-hydrogen) atoms. The Hall–Kier alpha value is -3.08. The van der Waals surface area contributed by atoms with Gasteiger partial charge in [0, 0.05) is 39.1 Å². The van der Waals surface area contributed by atoms with Gasteiger partial charge in [0.15, 0.2) is 0 Å². The first-order valence-corrected chi connectivity index (χ1v) is 10.9. The summed E-state index contributed by atoms with van der Waals surface area (Å²) in [7, 11) is 1.61. The van der Waals surface area contributed by atoms with E-state index in [2.05, 4.69) is 6.92 Å².